The first kappa shape index (κ1) is 14.5. The predicted octanol–water partition coefficient (Wildman–Crippen LogP) is 1.94. The van der Waals surface area contributed by atoms with E-state index in [1.54, 1.807) is 6.92 Å². The van der Waals surface area contributed by atoms with Crippen LogP contribution >= 0.6 is 0 Å². The van der Waals surface area contributed by atoms with Gasteiger partial charge in [0.05, 0.1) is 5.75 Å². The summed E-state index contributed by atoms with van der Waals surface area (Å²) in [4.78, 5) is 0. The van der Waals surface area contributed by atoms with Crippen molar-refractivity contribution in [3.05, 3.63) is 35.4 Å². The fourth-order valence-corrected chi connectivity index (χ4v) is 3.71. The van der Waals surface area contributed by atoms with Gasteiger partial charge < -0.3 is 5.73 Å². The molecule has 0 aromatic heterocycles. The third-order valence-electron chi connectivity index (χ3n) is 4.12. The summed E-state index contributed by atoms with van der Waals surface area (Å²) in [5, 5.41) is 0. The van der Waals surface area contributed by atoms with Crippen LogP contribution in [0.5, 0.6) is 0 Å². The topological polar surface area (TPSA) is 60.2 Å². The van der Waals surface area contributed by atoms with Crippen molar-refractivity contribution in [3.63, 3.8) is 0 Å². The molecule has 0 aliphatic heterocycles. The average molecular weight is 281 g/mol. The number of nitrogens with two attached hydrogens (primary N) is 1. The lowest BCUT2D eigenvalue weighted by Gasteiger charge is -2.18. The Morgan fingerprint density at radius 1 is 1.26 bits per heavy atom. The van der Waals surface area contributed by atoms with Crippen molar-refractivity contribution in [2.24, 2.45) is 11.7 Å². The van der Waals surface area contributed by atoms with Gasteiger partial charge in [-0.1, -0.05) is 31.2 Å². The fraction of sp³-hybridized carbons (Fsp3) is 0.600. The van der Waals surface area contributed by atoms with E-state index < -0.39 is 9.84 Å². The van der Waals surface area contributed by atoms with E-state index in [4.69, 9.17) is 5.73 Å². The summed E-state index contributed by atoms with van der Waals surface area (Å²) in [6.07, 6.45) is 3.57. The monoisotopic (exact) mass is 281 g/mol. The molecule has 0 fully saturated rings. The van der Waals surface area contributed by atoms with Gasteiger partial charge in [0.15, 0.2) is 0 Å². The number of hydrogen-bond donors (Lipinski definition) is 1. The van der Waals surface area contributed by atoms with E-state index in [9.17, 15) is 8.42 Å². The van der Waals surface area contributed by atoms with Crippen molar-refractivity contribution in [2.45, 2.75) is 38.6 Å². The minimum atomic E-state index is -2.85. The van der Waals surface area contributed by atoms with E-state index in [2.05, 4.69) is 24.3 Å². The zero-order valence-electron chi connectivity index (χ0n) is 11.5. The highest BCUT2D eigenvalue weighted by Gasteiger charge is 2.26. The van der Waals surface area contributed by atoms with Gasteiger partial charge in [0.25, 0.3) is 0 Å². The Hall–Kier alpha value is -0.870. The minimum Gasteiger partial charge on any atom is -0.327 e. The highest BCUT2D eigenvalue weighted by Crippen LogP contribution is 2.29. The van der Waals surface area contributed by atoms with Gasteiger partial charge in [-0.2, -0.15) is 0 Å². The molecular weight excluding hydrogens is 258 g/mol. The maximum atomic E-state index is 11.4. The Morgan fingerprint density at radius 3 is 2.37 bits per heavy atom. The predicted molar refractivity (Wildman–Crippen MR) is 78.9 cm³/mol. The van der Waals surface area contributed by atoms with Crippen LogP contribution in [0.1, 0.15) is 30.9 Å². The second-order valence-corrected chi connectivity index (χ2v) is 7.95. The van der Waals surface area contributed by atoms with Crippen molar-refractivity contribution in [1.82, 2.24) is 0 Å². The average Bonchev–Trinajstić information content (AvgIpc) is 2.82. The van der Waals surface area contributed by atoms with E-state index >= 15 is 0 Å². The normalized spacial score (nSPS) is 17.4. The van der Waals surface area contributed by atoms with Crippen LogP contribution in [-0.4, -0.2) is 26.0 Å². The Bertz CT molecular complexity index is 500. The van der Waals surface area contributed by atoms with Crippen LogP contribution in [0.25, 0.3) is 0 Å². The van der Waals surface area contributed by atoms with Gasteiger partial charge in [0.1, 0.15) is 9.84 Å². The van der Waals surface area contributed by atoms with Crippen LogP contribution < -0.4 is 5.73 Å². The Labute approximate surface area is 116 Å². The first-order chi connectivity index (χ1) is 9.02. The molecule has 0 spiro atoms. The first-order valence-corrected chi connectivity index (χ1v) is 8.87. The molecule has 1 aromatic carbocycles. The van der Waals surface area contributed by atoms with E-state index in [-0.39, 0.29) is 17.5 Å². The molecule has 1 atom stereocenters. The fourth-order valence-electron chi connectivity index (χ4n) is 2.81. The van der Waals surface area contributed by atoms with E-state index in [0.29, 0.717) is 12.3 Å². The molecule has 4 heteroatoms. The molecule has 0 saturated heterocycles. The molecule has 0 amide bonds. The Balaban J connectivity index is 1.82. The number of sulfone groups is 1. The SMILES string of the molecule is CCS(=O)(=O)CCCC(N)C1Cc2ccccc2C1. The highest BCUT2D eigenvalue weighted by atomic mass is 32.2. The molecule has 19 heavy (non-hydrogen) atoms. The number of benzene rings is 1. The lowest BCUT2D eigenvalue weighted by atomic mass is 9.94. The van der Waals surface area contributed by atoms with Crippen LogP contribution in [0.2, 0.25) is 0 Å². The molecule has 0 radical (unpaired) electrons. The van der Waals surface area contributed by atoms with Gasteiger partial charge in [0, 0.05) is 11.8 Å². The molecule has 1 aromatic rings. The molecular formula is C15H23NO2S. The largest absolute Gasteiger partial charge is 0.327 e. The summed E-state index contributed by atoms with van der Waals surface area (Å²) >= 11 is 0. The van der Waals surface area contributed by atoms with Crippen molar-refractivity contribution in [3.8, 4) is 0 Å². The molecule has 1 aliphatic carbocycles. The number of hydrogen-bond acceptors (Lipinski definition) is 3. The third kappa shape index (κ3) is 3.80. The molecule has 2 N–H and O–H groups in total. The molecule has 3 nitrogen and oxygen atoms in total. The molecule has 106 valence electrons. The van der Waals surface area contributed by atoms with Gasteiger partial charge in [-0.3, -0.25) is 0 Å². The number of rotatable bonds is 6. The smallest absolute Gasteiger partial charge is 0.150 e. The van der Waals surface area contributed by atoms with E-state index in [1.807, 2.05) is 0 Å². The third-order valence-corrected chi connectivity index (χ3v) is 5.91. The van der Waals surface area contributed by atoms with Gasteiger partial charge in [-0.15, -0.1) is 0 Å². The van der Waals surface area contributed by atoms with Gasteiger partial charge in [-0.05, 0) is 42.7 Å². The van der Waals surface area contributed by atoms with Crippen LogP contribution in [0, 0.1) is 5.92 Å². The standard InChI is InChI=1S/C15H23NO2S/c1-2-19(17,18)9-5-8-15(16)14-10-12-6-3-4-7-13(12)11-14/h3-4,6-7,14-15H,2,5,8-11,16H2,1H3. The number of fused-ring (bicyclic) bond motifs is 1. The van der Waals surface area contributed by atoms with Crippen LogP contribution in [0.4, 0.5) is 0 Å². The zero-order chi connectivity index (χ0) is 13.9. The highest BCUT2D eigenvalue weighted by molar-refractivity contribution is 7.91. The van der Waals surface area contributed by atoms with Crippen LogP contribution in [-0.2, 0) is 22.7 Å². The summed E-state index contributed by atoms with van der Waals surface area (Å²) in [7, 11) is -2.85. The molecule has 0 saturated carbocycles. The quantitative estimate of drug-likeness (QED) is 0.867. The lowest BCUT2D eigenvalue weighted by Crippen LogP contribution is -2.31. The maximum absolute atomic E-state index is 11.4. The molecule has 2 rings (SSSR count). The Morgan fingerprint density at radius 2 is 1.84 bits per heavy atom. The minimum absolute atomic E-state index is 0.111. The summed E-state index contributed by atoms with van der Waals surface area (Å²) in [6, 6.07) is 8.59. The van der Waals surface area contributed by atoms with Crippen LogP contribution in [0.3, 0.4) is 0 Å². The van der Waals surface area contributed by atoms with E-state index in [0.717, 1.165) is 19.3 Å². The molecule has 1 aliphatic rings. The molecule has 0 heterocycles. The first-order valence-electron chi connectivity index (χ1n) is 7.04. The summed E-state index contributed by atoms with van der Waals surface area (Å²) in [5.41, 5.74) is 9.05. The van der Waals surface area contributed by atoms with Gasteiger partial charge in [0.2, 0.25) is 0 Å². The van der Waals surface area contributed by atoms with Crippen LogP contribution in [0.15, 0.2) is 24.3 Å². The zero-order valence-corrected chi connectivity index (χ0v) is 12.3. The lowest BCUT2D eigenvalue weighted by molar-refractivity contribution is 0.413. The van der Waals surface area contributed by atoms with Gasteiger partial charge >= 0.3 is 0 Å². The van der Waals surface area contributed by atoms with Crippen molar-refractivity contribution < 1.29 is 8.42 Å². The molecule has 1 unspecified atom stereocenters. The van der Waals surface area contributed by atoms with Crippen molar-refractivity contribution >= 4 is 9.84 Å². The second-order valence-electron chi connectivity index (χ2n) is 5.48. The summed E-state index contributed by atoms with van der Waals surface area (Å²) in [6.45, 7) is 1.70. The summed E-state index contributed by atoms with van der Waals surface area (Å²) < 4.78 is 22.9. The maximum Gasteiger partial charge on any atom is 0.150 e. The second kappa shape index (κ2) is 6.06. The van der Waals surface area contributed by atoms with Crippen molar-refractivity contribution in [2.75, 3.05) is 11.5 Å². The summed E-state index contributed by atoms with van der Waals surface area (Å²) in [5.74, 6) is 0.982. The van der Waals surface area contributed by atoms with Gasteiger partial charge in [-0.25, -0.2) is 8.42 Å². The molecule has 0 bridgehead atoms. The van der Waals surface area contributed by atoms with E-state index in [1.165, 1.54) is 11.1 Å². The van der Waals surface area contributed by atoms with Crippen molar-refractivity contribution in [1.29, 1.82) is 0 Å². The Kier molecular flexibility index (Phi) is 4.63.